The summed E-state index contributed by atoms with van der Waals surface area (Å²) in [5.74, 6) is 0.823. The number of hydrogen-bond donors (Lipinski definition) is 1. The van der Waals surface area contributed by atoms with E-state index >= 15 is 0 Å². The number of nitrogens with one attached hydrogen (secondary N) is 1. The van der Waals surface area contributed by atoms with Gasteiger partial charge in [-0.15, -0.1) is 0 Å². The topological polar surface area (TPSA) is 41.6 Å². The fourth-order valence-electron chi connectivity index (χ4n) is 4.41. The van der Waals surface area contributed by atoms with Crippen LogP contribution < -0.4 is 10.1 Å². The van der Waals surface area contributed by atoms with Crippen LogP contribution in [0.2, 0.25) is 0 Å². The zero-order valence-corrected chi connectivity index (χ0v) is 13.3. The first-order valence-corrected chi connectivity index (χ1v) is 8.43. The van der Waals surface area contributed by atoms with Crippen molar-refractivity contribution in [1.82, 2.24) is 10.2 Å². The van der Waals surface area contributed by atoms with E-state index in [0.717, 1.165) is 30.6 Å². The number of fused-ring (bicyclic) bond motifs is 3. The molecule has 1 aromatic rings. The summed E-state index contributed by atoms with van der Waals surface area (Å²) in [7, 11) is 2.22. The Balaban J connectivity index is 1.49. The quantitative estimate of drug-likeness (QED) is 0.911. The molecule has 2 saturated heterocycles. The smallest absolute Gasteiger partial charge is 0.255 e. The van der Waals surface area contributed by atoms with Gasteiger partial charge in [-0.1, -0.05) is 12.1 Å². The molecule has 4 atom stereocenters. The molecule has 3 aliphatic heterocycles. The number of hydrogen-bond acceptors (Lipinski definition) is 3. The minimum absolute atomic E-state index is 0.0277. The standard InChI is InChI=1S/C18H24N2O2/c1-11-8-12-4-3-5-16(17(12)22-11)18(21)19-13-9-14-6-7-15(10-13)20(14)2/h3-5,11,13-15H,6-10H2,1-2H3,(H,19,21)/t11?,13?,14-,15+. The lowest BCUT2D eigenvalue weighted by Gasteiger charge is -2.36. The molecule has 2 fully saturated rings. The maximum absolute atomic E-state index is 12.7. The summed E-state index contributed by atoms with van der Waals surface area (Å²) in [6, 6.07) is 7.49. The second-order valence-electron chi connectivity index (χ2n) is 7.12. The number of amides is 1. The van der Waals surface area contributed by atoms with Gasteiger partial charge in [0.15, 0.2) is 0 Å². The molecule has 2 bridgehead atoms. The number of benzene rings is 1. The Morgan fingerprint density at radius 2 is 2.00 bits per heavy atom. The Kier molecular flexibility index (Phi) is 3.37. The number of ether oxygens (including phenoxy) is 1. The summed E-state index contributed by atoms with van der Waals surface area (Å²) in [5, 5.41) is 3.26. The van der Waals surface area contributed by atoms with Gasteiger partial charge in [0, 0.05) is 24.5 Å². The minimum atomic E-state index is 0.0277. The highest BCUT2D eigenvalue weighted by Gasteiger charge is 2.39. The third-order valence-corrected chi connectivity index (χ3v) is 5.60. The summed E-state index contributed by atoms with van der Waals surface area (Å²) in [4.78, 5) is 15.2. The van der Waals surface area contributed by atoms with E-state index < -0.39 is 0 Å². The normalized spacial score (nSPS) is 33.4. The second-order valence-corrected chi connectivity index (χ2v) is 7.12. The zero-order valence-electron chi connectivity index (χ0n) is 13.3. The number of piperidine rings is 1. The molecule has 4 heteroatoms. The van der Waals surface area contributed by atoms with E-state index in [0.29, 0.717) is 23.7 Å². The summed E-state index contributed by atoms with van der Waals surface area (Å²) in [6.07, 6.45) is 5.76. The van der Waals surface area contributed by atoms with Crippen LogP contribution in [0.25, 0.3) is 0 Å². The molecule has 0 spiro atoms. The molecular formula is C18H24N2O2. The van der Waals surface area contributed by atoms with Crippen LogP contribution in [0, 0.1) is 0 Å². The highest BCUT2D eigenvalue weighted by Crippen LogP contribution is 2.35. The zero-order chi connectivity index (χ0) is 15.3. The van der Waals surface area contributed by atoms with Crippen molar-refractivity contribution in [3.05, 3.63) is 29.3 Å². The third kappa shape index (κ3) is 2.30. The van der Waals surface area contributed by atoms with Crippen LogP contribution >= 0.6 is 0 Å². The van der Waals surface area contributed by atoms with Crippen LogP contribution in [-0.2, 0) is 6.42 Å². The Bertz CT molecular complexity index is 587. The van der Waals surface area contributed by atoms with Crippen molar-refractivity contribution in [1.29, 1.82) is 0 Å². The van der Waals surface area contributed by atoms with Gasteiger partial charge in [-0.05, 0) is 51.3 Å². The van der Waals surface area contributed by atoms with Crippen molar-refractivity contribution in [2.24, 2.45) is 0 Å². The minimum Gasteiger partial charge on any atom is -0.489 e. The maximum atomic E-state index is 12.7. The number of rotatable bonds is 2. The maximum Gasteiger partial charge on any atom is 0.255 e. The number of para-hydroxylation sites is 1. The van der Waals surface area contributed by atoms with Gasteiger partial charge in [0.05, 0.1) is 5.56 Å². The van der Waals surface area contributed by atoms with Crippen molar-refractivity contribution in [2.75, 3.05) is 7.05 Å². The van der Waals surface area contributed by atoms with Gasteiger partial charge < -0.3 is 15.0 Å². The molecule has 1 N–H and O–H groups in total. The van der Waals surface area contributed by atoms with E-state index in [9.17, 15) is 4.79 Å². The average molecular weight is 300 g/mol. The van der Waals surface area contributed by atoms with Gasteiger partial charge in [-0.3, -0.25) is 4.79 Å². The third-order valence-electron chi connectivity index (χ3n) is 5.60. The molecule has 22 heavy (non-hydrogen) atoms. The first kappa shape index (κ1) is 14.1. The van der Waals surface area contributed by atoms with Gasteiger partial charge in [0.1, 0.15) is 11.9 Å². The first-order valence-electron chi connectivity index (χ1n) is 8.43. The molecule has 0 aromatic heterocycles. The van der Waals surface area contributed by atoms with Crippen LogP contribution in [0.4, 0.5) is 0 Å². The SMILES string of the molecule is CC1Cc2cccc(C(=O)NC3C[C@H]4CC[C@@H](C3)N4C)c2O1. The molecule has 0 radical (unpaired) electrons. The van der Waals surface area contributed by atoms with Crippen LogP contribution in [0.5, 0.6) is 5.75 Å². The lowest BCUT2D eigenvalue weighted by molar-refractivity contribution is 0.0878. The molecule has 3 heterocycles. The van der Waals surface area contributed by atoms with Gasteiger partial charge >= 0.3 is 0 Å². The van der Waals surface area contributed by atoms with Crippen LogP contribution in [0.15, 0.2) is 18.2 Å². The molecule has 0 aliphatic carbocycles. The summed E-state index contributed by atoms with van der Waals surface area (Å²) in [5.41, 5.74) is 1.86. The van der Waals surface area contributed by atoms with E-state index in [2.05, 4.69) is 30.3 Å². The number of carbonyl (C=O) groups is 1. The molecule has 118 valence electrons. The predicted octanol–water partition coefficient (Wildman–Crippen LogP) is 2.37. The summed E-state index contributed by atoms with van der Waals surface area (Å²) < 4.78 is 5.85. The van der Waals surface area contributed by atoms with Crippen molar-refractivity contribution in [2.45, 2.75) is 63.3 Å². The van der Waals surface area contributed by atoms with Crippen LogP contribution in [0.1, 0.15) is 48.5 Å². The lowest BCUT2D eigenvalue weighted by atomic mass is 9.97. The van der Waals surface area contributed by atoms with Gasteiger partial charge in [-0.25, -0.2) is 0 Å². The molecule has 4 rings (SSSR count). The monoisotopic (exact) mass is 300 g/mol. The van der Waals surface area contributed by atoms with Crippen molar-refractivity contribution < 1.29 is 9.53 Å². The molecule has 1 aromatic carbocycles. The van der Waals surface area contributed by atoms with Gasteiger partial charge in [-0.2, -0.15) is 0 Å². The Morgan fingerprint density at radius 3 is 2.73 bits per heavy atom. The fraction of sp³-hybridized carbons (Fsp3) is 0.611. The molecule has 4 nitrogen and oxygen atoms in total. The number of carbonyl (C=O) groups excluding carboxylic acids is 1. The van der Waals surface area contributed by atoms with Crippen LogP contribution in [-0.4, -0.2) is 42.1 Å². The van der Waals surface area contributed by atoms with E-state index in [1.54, 1.807) is 0 Å². The van der Waals surface area contributed by atoms with Crippen molar-refractivity contribution >= 4 is 5.91 Å². The largest absolute Gasteiger partial charge is 0.489 e. The van der Waals surface area contributed by atoms with E-state index in [4.69, 9.17) is 4.74 Å². The fourth-order valence-corrected chi connectivity index (χ4v) is 4.41. The van der Waals surface area contributed by atoms with Crippen LogP contribution in [0.3, 0.4) is 0 Å². The number of nitrogens with zero attached hydrogens (tertiary/aromatic N) is 1. The van der Waals surface area contributed by atoms with Crippen molar-refractivity contribution in [3.63, 3.8) is 0 Å². The van der Waals surface area contributed by atoms with E-state index in [1.165, 1.54) is 12.8 Å². The van der Waals surface area contributed by atoms with E-state index in [1.807, 2.05) is 12.1 Å². The molecule has 0 saturated carbocycles. The second kappa shape index (κ2) is 5.27. The highest BCUT2D eigenvalue weighted by atomic mass is 16.5. The summed E-state index contributed by atoms with van der Waals surface area (Å²) in [6.45, 7) is 2.05. The van der Waals surface area contributed by atoms with E-state index in [-0.39, 0.29) is 12.0 Å². The first-order chi connectivity index (χ1) is 10.6. The average Bonchev–Trinajstić information content (AvgIpc) is 2.94. The Morgan fingerprint density at radius 1 is 1.27 bits per heavy atom. The molecular weight excluding hydrogens is 276 g/mol. The van der Waals surface area contributed by atoms with Crippen molar-refractivity contribution in [3.8, 4) is 5.75 Å². The highest BCUT2D eigenvalue weighted by molar-refractivity contribution is 5.97. The molecule has 1 amide bonds. The lowest BCUT2D eigenvalue weighted by Crippen LogP contribution is -2.48. The van der Waals surface area contributed by atoms with Gasteiger partial charge in [0.25, 0.3) is 5.91 Å². The molecule has 3 aliphatic rings. The Labute approximate surface area is 131 Å². The van der Waals surface area contributed by atoms with Gasteiger partial charge in [0.2, 0.25) is 0 Å². The summed E-state index contributed by atoms with van der Waals surface area (Å²) >= 11 is 0. The molecule has 2 unspecified atom stereocenters. The predicted molar refractivity (Wildman–Crippen MR) is 85.3 cm³/mol. The Hall–Kier alpha value is -1.55.